The third-order valence-corrected chi connectivity index (χ3v) is 4.39. The van der Waals surface area contributed by atoms with Gasteiger partial charge in [-0.25, -0.2) is 0 Å². The van der Waals surface area contributed by atoms with Crippen LogP contribution in [0.4, 0.5) is 0 Å². The highest BCUT2D eigenvalue weighted by Crippen LogP contribution is 2.30. The number of aryl methyl sites for hydroxylation is 2. The molecule has 5 heteroatoms. The molecule has 0 aliphatic rings. The van der Waals surface area contributed by atoms with Crippen LogP contribution < -0.4 is 0 Å². The normalized spacial score (nSPS) is 11.1. The summed E-state index contributed by atoms with van der Waals surface area (Å²) in [6, 6.07) is 12.2. The predicted octanol–water partition coefficient (Wildman–Crippen LogP) is 4.17. The Kier molecular flexibility index (Phi) is 3.69. The van der Waals surface area contributed by atoms with Crippen molar-refractivity contribution in [3.63, 3.8) is 0 Å². The Balaban J connectivity index is 1.88. The van der Waals surface area contributed by atoms with E-state index in [0.717, 1.165) is 34.4 Å². The summed E-state index contributed by atoms with van der Waals surface area (Å²) >= 11 is 0. The lowest BCUT2D eigenvalue weighted by atomic mass is 10.1. The first-order valence-corrected chi connectivity index (χ1v) is 8.08. The minimum Gasteiger partial charge on any atom is -0.361 e. The molecule has 0 saturated carbocycles. The molecule has 4 aromatic rings. The zero-order valence-electron chi connectivity index (χ0n) is 14.1. The van der Waals surface area contributed by atoms with Gasteiger partial charge in [-0.1, -0.05) is 35.5 Å². The van der Waals surface area contributed by atoms with Crippen LogP contribution >= 0.6 is 0 Å². The standard InChI is InChI=1S/C20H17N3O2/c1-13-19(14(2)25-22-13)16-8-18-20(21-9-16)17(12-24)11-23(18)10-15-6-4-3-5-7-15/h3-9,11-12H,10H2,1-2H3. The van der Waals surface area contributed by atoms with Crippen LogP contribution in [0.2, 0.25) is 0 Å². The third kappa shape index (κ3) is 2.63. The highest BCUT2D eigenvalue weighted by Gasteiger charge is 2.16. The van der Waals surface area contributed by atoms with E-state index in [0.29, 0.717) is 17.6 Å². The van der Waals surface area contributed by atoms with Crippen LogP contribution in [0.15, 0.2) is 53.3 Å². The summed E-state index contributed by atoms with van der Waals surface area (Å²) in [6.45, 7) is 4.48. The van der Waals surface area contributed by atoms with Crippen molar-refractivity contribution in [3.05, 3.63) is 71.4 Å². The molecule has 0 unspecified atom stereocenters. The van der Waals surface area contributed by atoms with Gasteiger partial charge in [-0.15, -0.1) is 0 Å². The van der Waals surface area contributed by atoms with Crippen LogP contribution in [0.25, 0.3) is 22.2 Å². The maximum atomic E-state index is 11.4. The fourth-order valence-electron chi connectivity index (χ4n) is 3.22. The number of rotatable bonds is 4. The molecule has 3 aromatic heterocycles. The SMILES string of the molecule is Cc1noc(C)c1-c1cnc2c(C=O)cn(Cc3ccccc3)c2c1. The van der Waals surface area contributed by atoms with E-state index in [2.05, 4.69) is 26.8 Å². The van der Waals surface area contributed by atoms with Crippen molar-refractivity contribution < 1.29 is 9.32 Å². The summed E-state index contributed by atoms with van der Waals surface area (Å²) in [7, 11) is 0. The quantitative estimate of drug-likeness (QED) is 0.527. The van der Waals surface area contributed by atoms with E-state index in [1.807, 2.05) is 44.3 Å². The van der Waals surface area contributed by atoms with Crippen LogP contribution in [0.1, 0.15) is 27.4 Å². The van der Waals surface area contributed by atoms with Crippen molar-refractivity contribution in [3.8, 4) is 11.1 Å². The summed E-state index contributed by atoms with van der Waals surface area (Å²) in [5, 5.41) is 4.02. The van der Waals surface area contributed by atoms with Gasteiger partial charge in [0, 0.05) is 30.1 Å². The molecule has 0 amide bonds. The molecule has 0 bridgehead atoms. The summed E-state index contributed by atoms with van der Waals surface area (Å²) in [6.07, 6.45) is 4.48. The number of aromatic nitrogens is 3. The highest BCUT2D eigenvalue weighted by molar-refractivity contribution is 5.96. The summed E-state index contributed by atoms with van der Waals surface area (Å²) < 4.78 is 7.33. The van der Waals surface area contributed by atoms with E-state index in [1.165, 1.54) is 5.56 Å². The molecular formula is C20H17N3O2. The van der Waals surface area contributed by atoms with Crippen LogP contribution in [0, 0.1) is 13.8 Å². The number of carbonyl (C=O) groups is 1. The van der Waals surface area contributed by atoms with E-state index < -0.39 is 0 Å². The topological polar surface area (TPSA) is 60.9 Å². The van der Waals surface area contributed by atoms with Gasteiger partial charge in [0.1, 0.15) is 5.76 Å². The molecule has 4 rings (SSSR count). The van der Waals surface area contributed by atoms with Crippen molar-refractivity contribution in [1.29, 1.82) is 0 Å². The Morgan fingerprint density at radius 2 is 2.00 bits per heavy atom. The molecule has 0 aliphatic heterocycles. The molecule has 1 aromatic carbocycles. The van der Waals surface area contributed by atoms with E-state index in [4.69, 9.17) is 4.52 Å². The number of pyridine rings is 1. The van der Waals surface area contributed by atoms with Crippen molar-refractivity contribution >= 4 is 17.3 Å². The van der Waals surface area contributed by atoms with Crippen LogP contribution in [0.3, 0.4) is 0 Å². The van der Waals surface area contributed by atoms with E-state index in [-0.39, 0.29) is 0 Å². The van der Waals surface area contributed by atoms with Gasteiger partial charge < -0.3 is 9.09 Å². The smallest absolute Gasteiger partial charge is 0.153 e. The molecule has 0 aliphatic carbocycles. The minimum atomic E-state index is 0.594. The molecule has 0 saturated heterocycles. The third-order valence-electron chi connectivity index (χ3n) is 4.39. The maximum Gasteiger partial charge on any atom is 0.153 e. The van der Waals surface area contributed by atoms with Crippen LogP contribution in [-0.4, -0.2) is 21.0 Å². The van der Waals surface area contributed by atoms with E-state index in [9.17, 15) is 4.79 Å². The van der Waals surface area contributed by atoms with Crippen LogP contribution in [-0.2, 0) is 6.54 Å². The second-order valence-corrected chi connectivity index (χ2v) is 6.11. The molecule has 0 spiro atoms. The number of nitrogens with zero attached hydrogens (tertiary/aromatic N) is 3. The van der Waals surface area contributed by atoms with Crippen molar-refractivity contribution in [1.82, 2.24) is 14.7 Å². The van der Waals surface area contributed by atoms with E-state index >= 15 is 0 Å². The lowest BCUT2D eigenvalue weighted by molar-refractivity contribution is 0.112. The molecule has 25 heavy (non-hydrogen) atoms. The molecule has 0 atom stereocenters. The Bertz CT molecular complexity index is 1040. The second kappa shape index (κ2) is 6.02. The first-order chi connectivity index (χ1) is 12.2. The van der Waals surface area contributed by atoms with Gasteiger partial charge in [0.15, 0.2) is 6.29 Å². The Labute approximate surface area is 144 Å². The summed E-state index contributed by atoms with van der Waals surface area (Å²) in [5.74, 6) is 0.760. The second-order valence-electron chi connectivity index (χ2n) is 6.11. The van der Waals surface area contributed by atoms with Gasteiger partial charge in [0.25, 0.3) is 0 Å². The number of hydrogen-bond donors (Lipinski definition) is 0. The van der Waals surface area contributed by atoms with Gasteiger partial charge in [-0.05, 0) is 25.5 Å². The lowest BCUT2D eigenvalue weighted by Gasteiger charge is -2.07. The lowest BCUT2D eigenvalue weighted by Crippen LogP contribution is -1.98. The molecule has 0 radical (unpaired) electrons. The van der Waals surface area contributed by atoms with Crippen molar-refractivity contribution in [2.45, 2.75) is 20.4 Å². The first kappa shape index (κ1) is 15.3. The number of carbonyl (C=O) groups excluding carboxylic acids is 1. The van der Waals surface area contributed by atoms with Crippen LogP contribution in [0.5, 0.6) is 0 Å². The van der Waals surface area contributed by atoms with Gasteiger partial charge in [0.2, 0.25) is 0 Å². The van der Waals surface area contributed by atoms with Crippen molar-refractivity contribution in [2.24, 2.45) is 0 Å². The number of benzene rings is 1. The Morgan fingerprint density at radius 3 is 2.68 bits per heavy atom. The molecular weight excluding hydrogens is 314 g/mol. The zero-order chi connectivity index (χ0) is 17.4. The number of aldehydes is 1. The number of hydrogen-bond acceptors (Lipinski definition) is 4. The molecule has 5 nitrogen and oxygen atoms in total. The maximum absolute atomic E-state index is 11.4. The Morgan fingerprint density at radius 1 is 1.20 bits per heavy atom. The molecule has 0 fully saturated rings. The van der Waals surface area contributed by atoms with Gasteiger partial charge in [-0.3, -0.25) is 9.78 Å². The predicted molar refractivity (Wildman–Crippen MR) is 95.6 cm³/mol. The summed E-state index contributed by atoms with van der Waals surface area (Å²) in [4.78, 5) is 16.0. The Hall–Kier alpha value is -3.21. The largest absolute Gasteiger partial charge is 0.361 e. The fourth-order valence-corrected chi connectivity index (χ4v) is 3.22. The van der Waals surface area contributed by atoms with Crippen molar-refractivity contribution in [2.75, 3.05) is 0 Å². The molecule has 0 N–H and O–H groups in total. The first-order valence-electron chi connectivity index (χ1n) is 8.08. The summed E-state index contributed by atoms with van der Waals surface area (Å²) in [5.41, 5.74) is 6.11. The van der Waals surface area contributed by atoms with Gasteiger partial charge >= 0.3 is 0 Å². The average Bonchev–Trinajstić information content (AvgIpc) is 3.15. The molecule has 124 valence electrons. The fraction of sp³-hybridized carbons (Fsp3) is 0.150. The average molecular weight is 331 g/mol. The zero-order valence-corrected chi connectivity index (χ0v) is 14.1. The molecule has 3 heterocycles. The number of fused-ring (bicyclic) bond motifs is 1. The monoisotopic (exact) mass is 331 g/mol. The minimum absolute atomic E-state index is 0.594. The van der Waals surface area contributed by atoms with Gasteiger partial charge in [0.05, 0.1) is 22.3 Å². The van der Waals surface area contributed by atoms with Gasteiger partial charge in [-0.2, -0.15) is 0 Å². The van der Waals surface area contributed by atoms with E-state index in [1.54, 1.807) is 6.20 Å². The highest BCUT2D eigenvalue weighted by atomic mass is 16.5.